The molecule has 3 rings (SSSR count). The van der Waals surface area contributed by atoms with Crippen LogP contribution in [0.5, 0.6) is 0 Å². The van der Waals surface area contributed by atoms with Crippen molar-refractivity contribution in [3.05, 3.63) is 70.5 Å². The van der Waals surface area contributed by atoms with Crippen LogP contribution in [0, 0.1) is 5.82 Å². The van der Waals surface area contributed by atoms with E-state index in [-0.39, 0.29) is 18.0 Å². The van der Waals surface area contributed by atoms with Gasteiger partial charge in [0.2, 0.25) is 0 Å². The summed E-state index contributed by atoms with van der Waals surface area (Å²) in [5, 5.41) is 3.29. The highest BCUT2D eigenvalue weighted by Gasteiger charge is 2.18. The summed E-state index contributed by atoms with van der Waals surface area (Å²) >= 11 is 0. The molecule has 0 bridgehead atoms. The molecule has 3 heteroatoms. The summed E-state index contributed by atoms with van der Waals surface area (Å²) < 4.78 is 13.6. The Bertz CT molecular complexity index is 651. The van der Waals surface area contributed by atoms with Crippen molar-refractivity contribution in [2.45, 2.75) is 19.4 Å². The molecule has 0 amide bonds. The molecular formula is C17H16FNO. The monoisotopic (exact) mass is 269 g/mol. The molecule has 1 heterocycles. The van der Waals surface area contributed by atoms with E-state index in [0.29, 0.717) is 5.56 Å². The predicted octanol–water partition coefficient (Wildman–Crippen LogP) is 2.90. The fourth-order valence-electron chi connectivity index (χ4n) is 2.70. The van der Waals surface area contributed by atoms with E-state index in [1.165, 1.54) is 11.6 Å². The van der Waals surface area contributed by atoms with Gasteiger partial charge in [0.15, 0.2) is 5.78 Å². The van der Waals surface area contributed by atoms with Crippen LogP contribution in [0.3, 0.4) is 0 Å². The Morgan fingerprint density at radius 3 is 2.85 bits per heavy atom. The molecule has 1 N–H and O–H groups in total. The summed E-state index contributed by atoms with van der Waals surface area (Å²) in [6, 6.07) is 12.3. The zero-order valence-electron chi connectivity index (χ0n) is 11.2. The molecule has 2 aromatic carbocycles. The zero-order valence-corrected chi connectivity index (χ0v) is 11.2. The summed E-state index contributed by atoms with van der Waals surface area (Å²) in [4.78, 5) is 12.5. The van der Waals surface area contributed by atoms with Gasteiger partial charge in [-0.2, -0.15) is 0 Å². The van der Waals surface area contributed by atoms with Gasteiger partial charge in [-0.25, -0.2) is 4.39 Å². The predicted molar refractivity (Wildman–Crippen MR) is 76.3 cm³/mol. The van der Waals surface area contributed by atoms with E-state index < -0.39 is 0 Å². The number of benzene rings is 2. The second-order valence-corrected chi connectivity index (χ2v) is 5.06. The van der Waals surface area contributed by atoms with E-state index in [0.717, 1.165) is 30.6 Å². The highest BCUT2D eigenvalue weighted by molar-refractivity contribution is 5.99. The third-order valence-electron chi connectivity index (χ3n) is 3.75. The molecule has 1 aliphatic heterocycles. The smallest absolute Gasteiger partial charge is 0.167 e. The molecular weight excluding hydrogens is 253 g/mol. The van der Waals surface area contributed by atoms with Crippen molar-refractivity contribution in [1.82, 2.24) is 5.32 Å². The van der Waals surface area contributed by atoms with Crippen molar-refractivity contribution in [2.75, 3.05) is 6.54 Å². The van der Waals surface area contributed by atoms with E-state index in [1.807, 2.05) is 18.2 Å². The highest BCUT2D eigenvalue weighted by atomic mass is 19.1. The van der Waals surface area contributed by atoms with Crippen LogP contribution in [-0.2, 0) is 19.4 Å². The molecule has 0 atom stereocenters. The molecule has 20 heavy (non-hydrogen) atoms. The van der Waals surface area contributed by atoms with Gasteiger partial charge in [0.1, 0.15) is 5.82 Å². The number of Topliss-reactive ketones (excluding diaryl/α,β-unsaturated/α-hetero) is 1. The van der Waals surface area contributed by atoms with Crippen LogP contribution in [0.2, 0.25) is 0 Å². The maximum Gasteiger partial charge on any atom is 0.167 e. The number of carbonyl (C=O) groups excluding carboxylic acids is 1. The van der Waals surface area contributed by atoms with Crippen molar-refractivity contribution >= 4 is 5.78 Å². The lowest BCUT2D eigenvalue weighted by Gasteiger charge is -2.19. The summed E-state index contributed by atoms with van der Waals surface area (Å²) in [7, 11) is 0. The lowest BCUT2D eigenvalue weighted by molar-refractivity contribution is 0.0990. The number of carbonyl (C=O) groups is 1. The number of rotatable bonds is 3. The Labute approximate surface area is 117 Å². The first kappa shape index (κ1) is 13.0. The van der Waals surface area contributed by atoms with Crippen molar-refractivity contribution in [2.24, 2.45) is 0 Å². The van der Waals surface area contributed by atoms with Crippen LogP contribution in [0.15, 0.2) is 42.5 Å². The molecule has 0 saturated heterocycles. The first-order chi connectivity index (χ1) is 9.75. The molecule has 0 saturated carbocycles. The lowest BCUT2D eigenvalue weighted by atomic mass is 9.91. The van der Waals surface area contributed by atoms with E-state index in [9.17, 15) is 9.18 Å². The van der Waals surface area contributed by atoms with Crippen molar-refractivity contribution in [3.63, 3.8) is 0 Å². The molecule has 0 aliphatic carbocycles. The Morgan fingerprint density at radius 2 is 2.00 bits per heavy atom. The number of hydrogen-bond acceptors (Lipinski definition) is 2. The number of fused-ring (bicyclic) bond motifs is 1. The molecule has 0 spiro atoms. The number of hydrogen-bond donors (Lipinski definition) is 1. The highest BCUT2D eigenvalue weighted by Crippen LogP contribution is 2.21. The molecule has 102 valence electrons. The standard InChI is InChI=1S/C17H16FNO/c18-16-7-2-1-4-12(16)10-17(20)15-6-3-5-13-11-19-9-8-14(13)15/h1-7,19H,8-11H2. The SMILES string of the molecule is O=C(Cc1ccccc1F)c1cccc2c1CCNC2. The van der Waals surface area contributed by atoms with Crippen molar-refractivity contribution < 1.29 is 9.18 Å². The van der Waals surface area contributed by atoms with Crippen LogP contribution in [0.4, 0.5) is 4.39 Å². The third-order valence-corrected chi connectivity index (χ3v) is 3.75. The Hall–Kier alpha value is -2.00. The largest absolute Gasteiger partial charge is 0.312 e. The van der Waals surface area contributed by atoms with Crippen LogP contribution in [0.1, 0.15) is 27.0 Å². The van der Waals surface area contributed by atoms with E-state index in [1.54, 1.807) is 18.2 Å². The third kappa shape index (κ3) is 2.49. The minimum atomic E-state index is -0.313. The van der Waals surface area contributed by atoms with Gasteiger partial charge >= 0.3 is 0 Å². The summed E-state index contributed by atoms with van der Waals surface area (Å²) in [5.41, 5.74) is 3.50. The normalized spacial score (nSPS) is 13.8. The Kier molecular flexibility index (Phi) is 3.61. The van der Waals surface area contributed by atoms with E-state index in [4.69, 9.17) is 0 Å². The Balaban J connectivity index is 1.90. The summed E-state index contributed by atoms with van der Waals surface area (Å²) in [6.07, 6.45) is 0.977. The van der Waals surface area contributed by atoms with Gasteiger partial charge in [-0.05, 0) is 35.7 Å². The van der Waals surface area contributed by atoms with Crippen molar-refractivity contribution in [3.8, 4) is 0 Å². The van der Waals surface area contributed by atoms with Crippen LogP contribution in [0.25, 0.3) is 0 Å². The fourth-order valence-corrected chi connectivity index (χ4v) is 2.70. The van der Waals surface area contributed by atoms with E-state index >= 15 is 0 Å². The topological polar surface area (TPSA) is 29.1 Å². The lowest BCUT2D eigenvalue weighted by Crippen LogP contribution is -2.25. The molecule has 0 radical (unpaired) electrons. The van der Waals surface area contributed by atoms with Gasteiger partial charge in [0.25, 0.3) is 0 Å². The van der Waals surface area contributed by atoms with Gasteiger partial charge in [-0.15, -0.1) is 0 Å². The fraction of sp³-hybridized carbons (Fsp3) is 0.235. The van der Waals surface area contributed by atoms with Gasteiger partial charge in [0.05, 0.1) is 0 Å². The number of halogens is 1. The number of ketones is 1. The second kappa shape index (κ2) is 5.55. The minimum Gasteiger partial charge on any atom is -0.312 e. The average Bonchev–Trinajstić information content (AvgIpc) is 2.49. The average molecular weight is 269 g/mol. The quantitative estimate of drug-likeness (QED) is 0.868. The maximum absolute atomic E-state index is 13.6. The zero-order chi connectivity index (χ0) is 13.9. The first-order valence-corrected chi connectivity index (χ1v) is 6.84. The van der Waals surface area contributed by atoms with E-state index in [2.05, 4.69) is 5.32 Å². The molecule has 0 aromatic heterocycles. The molecule has 0 fully saturated rings. The van der Waals surface area contributed by atoms with Crippen LogP contribution >= 0.6 is 0 Å². The van der Waals surface area contributed by atoms with Crippen LogP contribution < -0.4 is 5.32 Å². The maximum atomic E-state index is 13.6. The van der Waals surface area contributed by atoms with Gasteiger partial charge in [-0.1, -0.05) is 36.4 Å². The summed E-state index contributed by atoms with van der Waals surface area (Å²) in [5.74, 6) is -0.318. The van der Waals surface area contributed by atoms with Gasteiger partial charge < -0.3 is 5.32 Å². The first-order valence-electron chi connectivity index (χ1n) is 6.84. The van der Waals surface area contributed by atoms with Crippen molar-refractivity contribution in [1.29, 1.82) is 0 Å². The molecule has 2 aromatic rings. The molecule has 1 aliphatic rings. The van der Waals surface area contributed by atoms with Gasteiger partial charge in [-0.3, -0.25) is 4.79 Å². The summed E-state index contributed by atoms with van der Waals surface area (Å²) in [6.45, 7) is 1.69. The van der Waals surface area contributed by atoms with Gasteiger partial charge in [0, 0.05) is 18.5 Å². The molecule has 2 nitrogen and oxygen atoms in total. The molecule has 0 unspecified atom stereocenters. The second-order valence-electron chi connectivity index (χ2n) is 5.06. The Morgan fingerprint density at radius 1 is 1.15 bits per heavy atom. The van der Waals surface area contributed by atoms with Crippen LogP contribution in [-0.4, -0.2) is 12.3 Å². The minimum absolute atomic E-state index is 0.00569. The number of nitrogens with one attached hydrogen (secondary N) is 1.